The number of ether oxygens (including phenoxy) is 1. The highest BCUT2D eigenvalue weighted by molar-refractivity contribution is 5.97. The van der Waals surface area contributed by atoms with Crippen LogP contribution in [-0.4, -0.2) is 71.3 Å². The molecule has 2 aliphatic rings. The number of anilines is 2. The molecule has 0 spiro atoms. The Morgan fingerprint density at radius 2 is 1.82 bits per heavy atom. The monoisotopic (exact) mass is 636 g/mol. The van der Waals surface area contributed by atoms with Gasteiger partial charge in [-0.1, -0.05) is 26.8 Å². The number of ketones is 1. The van der Waals surface area contributed by atoms with Crippen LogP contribution in [0.15, 0.2) is 36.7 Å². The summed E-state index contributed by atoms with van der Waals surface area (Å²) < 4.78 is 5.69. The number of Topliss-reactive ketones (excluding diaryl/α,β-unsaturated/α-hetero) is 1. The number of amides is 2. The number of carbonyl (C=O) groups excluding carboxylic acids is 3. The van der Waals surface area contributed by atoms with Crippen LogP contribution in [0.4, 0.5) is 11.5 Å². The summed E-state index contributed by atoms with van der Waals surface area (Å²) >= 11 is 0. The minimum atomic E-state index is -0.764. The molecule has 1 aromatic heterocycles. The number of hydrogen-bond acceptors (Lipinski definition) is 8. The second-order valence-electron chi connectivity index (χ2n) is 13.0. The lowest BCUT2D eigenvalue weighted by atomic mass is 9.85. The van der Waals surface area contributed by atoms with Gasteiger partial charge in [0.2, 0.25) is 11.8 Å². The highest BCUT2D eigenvalue weighted by Gasteiger charge is 2.42. The van der Waals surface area contributed by atoms with Crippen molar-refractivity contribution in [3.8, 4) is 5.75 Å². The van der Waals surface area contributed by atoms with E-state index in [9.17, 15) is 14.4 Å². The lowest BCUT2D eigenvalue weighted by Crippen LogP contribution is -2.58. The van der Waals surface area contributed by atoms with Gasteiger partial charge >= 0.3 is 0 Å². The molecule has 2 amide bonds. The Kier molecular flexibility index (Phi) is 10.7. The summed E-state index contributed by atoms with van der Waals surface area (Å²) in [6, 6.07) is 8.39. The number of methoxy groups -OCH3 is 1. The van der Waals surface area contributed by atoms with Crippen molar-refractivity contribution < 1.29 is 19.1 Å². The van der Waals surface area contributed by atoms with Crippen LogP contribution in [0.5, 0.6) is 5.75 Å². The van der Waals surface area contributed by atoms with Crippen molar-refractivity contribution in [1.82, 2.24) is 25.5 Å². The molecule has 10 nitrogen and oxygen atoms in total. The van der Waals surface area contributed by atoms with Crippen LogP contribution in [0.1, 0.15) is 63.6 Å². The Hall–Kier alpha value is -3.76. The highest BCUT2D eigenvalue weighted by atomic mass is 35.5. The van der Waals surface area contributed by atoms with Crippen molar-refractivity contribution in [2.75, 3.05) is 26.0 Å². The van der Waals surface area contributed by atoms with E-state index in [1.165, 1.54) is 23.9 Å². The average molecular weight is 637 g/mol. The molecule has 3 N–H and O–H groups in total. The zero-order chi connectivity index (χ0) is 31.6. The zero-order valence-corrected chi connectivity index (χ0v) is 27.8. The topological polar surface area (TPSA) is 126 Å². The van der Waals surface area contributed by atoms with E-state index in [-0.39, 0.29) is 36.4 Å². The third-order valence-corrected chi connectivity index (χ3v) is 8.90. The maximum atomic E-state index is 13.9. The highest BCUT2D eigenvalue weighted by Crippen LogP contribution is 2.33. The molecule has 3 atom stereocenters. The molecule has 1 aliphatic heterocycles. The summed E-state index contributed by atoms with van der Waals surface area (Å²) in [7, 11) is 3.28. The van der Waals surface area contributed by atoms with Gasteiger partial charge in [-0.25, -0.2) is 9.97 Å². The molecule has 0 saturated carbocycles. The number of nitrogens with zero attached hydrogens (tertiary/aromatic N) is 3. The Balaban J connectivity index is 0.00000461. The largest absolute Gasteiger partial charge is 0.496 e. The maximum absolute atomic E-state index is 13.9. The number of halogens is 1. The van der Waals surface area contributed by atoms with Gasteiger partial charge in [0.05, 0.1) is 24.7 Å². The molecule has 242 valence electrons. The predicted molar refractivity (Wildman–Crippen MR) is 178 cm³/mol. The van der Waals surface area contributed by atoms with Crippen LogP contribution < -0.4 is 20.7 Å². The Bertz CT molecular complexity index is 1570. The van der Waals surface area contributed by atoms with Gasteiger partial charge in [0.15, 0.2) is 5.78 Å². The summed E-state index contributed by atoms with van der Waals surface area (Å²) in [5, 5.41) is 10.1. The van der Waals surface area contributed by atoms with Gasteiger partial charge in [-0.05, 0) is 80.8 Å². The number of aryl methyl sites for hydroxylation is 2. The minimum Gasteiger partial charge on any atom is -0.496 e. The number of aromatic nitrogens is 2. The molecule has 0 bridgehead atoms. The normalized spacial score (nSPS) is 17.3. The summed E-state index contributed by atoms with van der Waals surface area (Å²) in [5.41, 5.74) is 4.59. The molecule has 5 rings (SSSR count). The Morgan fingerprint density at radius 3 is 2.53 bits per heavy atom. The zero-order valence-electron chi connectivity index (χ0n) is 27.0. The standard InChI is InChI=1S/C34H44N6O4.ClH/c1-20(35-5)32(42)39-30(34(2,3)4)33(43)40-14-8-11-27(40)28(41)17-23-16-25-26(18-29(23)44-6)36-19-37-31(25)38-24-13-12-21-9-7-10-22(21)15-24;/h12-13,15-16,18-20,27,30,35H,7-11,14,17H2,1-6H3,(H,39,42)(H,36,37,38);1H/t20-,27-,30+;/m0./s1. The third-order valence-electron chi connectivity index (χ3n) is 8.90. The van der Waals surface area contributed by atoms with E-state index in [1.54, 1.807) is 26.0 Å². The molecular weight excluding hydrogens is 592 g/mol. The van der Waals surface area contributed by atoms with Gasteiger partial charge in [0.25, 0.3) is 0 Å². The van der Waals surface area contributed by atoms with Crippen molar-refractivity contribution in [2.24, 2.45) is 5.41 Å². The Morgan fingerprint density at radius 1 is 1.07 bits per heavy atom. The molecule has 0 radical (unpaired) electrons. The first-order chi connectivity index (χ1) is 21.0. The number of likely N-dealkylation sites (tertiary alicyclic amines) is 1. The Labute approximate surface area is 271 Å². The fraction of sp³-hybridized carbons (Fsp3) is 0.500. The number of fused-ring (bicyclic) bond motifs is 2. The SMILES string of the molecule is CN[C@@H](C)C(=O)N[C@H](C(=O)N1CCC[C@H]1C(=O)Cc1cc2c(Nc3ccc4c(c3)CCC4)ncnc2cc1OC)C(C)(C)C.Cl. The number of benzene rings is 2. The van der Waals surface area contributed by atoms with Crippen molar-refractivity contribution in [1.29, 1.82) is 0 Å². The fourth-order valence-electron chi connectivity index (χ4n) is 6.23. The molecule has 1 saturated heterocycles. The van der Waals surface area contributed by atoms with Gasteiger partial charge in [-0.2, -0.15) is 0 Å². The number of likely N-dealkylation sites (N-methyl/N-ethyl adjacent to an activating group) is 1. The van der Waals surface area contributed by atoms with Gasteiger partial charge < -0.3 is 25.6 Å². The molecular formula is C34H45ClN6O4. The van der Waals surface area contributed by atoms with E-state index in [0.29, 0.717) is 35.6 Å². The molecule has 11 heteroatoms. The van der Waals surface area contributed by atoms with Crippen LogP contribution in [0.3, 0.4) is 0 Å². The molecule has 2 aromatic carbocycles. The molecule has 3 aromatic rings. The molecule has 0 unspecified atom stereocenters. The van der Waals surface area contributed by atoms with Crippen LogP contribution in [0, 0.1) is 5.41 Å². The molecule has 1 aliphatic carbocycles. The van der Waals surface area contributed by atoms with Gasteiger partial charge in [-0.3, -0.25) is 14.4 Å². The van der Waals surface area contributed by atoms with E-state index >= 15 is 0 Å². The smallest absolute Gasteiger partial charge is 0.246 e. The second-order valence-corrected chi connectivity index (χ2v) is 13.0. The third kappa shape index (κ3) is 7.39. The van der Waals surface area contributed by atoms with E-state index in [4.69, 9.17) is 4.74 Å². The molecule has 45 heavy (non-hydrogen) atoms. The lowest BCUT2D eigenvalue weighted by molar-refractivity contribution is -0.143. The first-order valence-electron chi connectivity index (χ1n) is 15.5. The van der Waals surface area contributed by atoms with Crippen molar-refractivity contribution in [2.45, 2.75) is 84.3 Å². The van der Waals surface area contributed by atoms with E-state index in [0.717, 1.165) is 30.3 Å². The first kappa shape index (κ1) is 34.1. The first-order valence-corrected chi connectivity index (χ1v) is 15.5. The second kappa shape index (κ2) is 14.1. The summed E-state index contributed by atoms with van der Waals surface area (Å²) in [6.45, 7) is 7.97. The molecule has 1 fully saturated rings. The minimum absolute atomic E-state index is 0. The summed E-state index contributed by atoms with van der Waals surface area (Å²) in [6.07, 6.45) is 6.28. The van der Waals surface area contributed by atoms with Gasteiger partial charge in [0, 0.05) is 35.7 Å². The molecule has 2 heterocycles. The van der Waals surface area contributed by atoms with Crippen LogP contribution in [-0.2, 0) is 33.6 Å². The van der Waals surface area contributed by atoms with Gasteiger partial charge in [-0.15, -0.1) is 12.4 Å². The quantitative estimate of drug-likeness (QED) is 0.296. The number of rotatable bonds is 10. The number of nitrogens with one attached hydrogen (secondary N) is 3. The van der Waals surface area contributed by atoms with Crippen molar-refractivity contribution in [3.05, 3.63) is 53.3 Å². The fourth-order valence-corrected chi connectivity index (χ4v) is 6.23. The van der Waals surface area contributed by atoms with Crippen molar-refractivity contribution >= 4 is 52.4 Å². The maximum Gasteiger partial charge on any atom is 0.246 e. The lowest BCUT2D eigenvalue weighted by Gasteiger charge is -2.36. The van der Waals surface area contributed by atoms with E-state index in [1.807, 2.05) is 32.9 Å². The van der Waals surface area contributed by atoms with Crippen LogP contribution in [0.25, 0.3) is 10.9 Å². The van der Waals surface area contributed by atoms with Crippen molar-refractivity contribution in [3.63, 3.8) is 0 Å². The number of hydrogen-bond donors (Lipinski definition) is 3. The number of carbonyl (C=O) groups is 3. The van der Waals surface area contributed by atoms with Crippen LogP contribution >= 0.6 is 12.4 Å². The van der Waals surface area contributed by atoms with Crippen LogP contribution in [0.2, 0.25) is 0 Å². The van der Waals surface area contributed by atoms with E-state index in [2.05, 4.69) is 44.1 Å². The summed E-state index contributed by atoms with van der Waals surface area (Å²) in [5.74, 6) is 0.660. The summed E-state index contributed by atoms with van der Waals surface area (Å²) in [4.78, 5) is 51.1. The van der Waals surface area contributed by atoms with E-state index < -0.39 is 23.5 Å². The predicted octanol–water partition coefficient (Wildman–Crippen LogP) is 4.53. The average Bonchev–Trinajstić information content (AvgIpc) is 3.68. The van der Waals surface area contributed by atoms with Gasteiger partial charge in [0.1, 0.15) is 23.9 Å².